The van der Waals surface area contributed by atoms with Gasteiger partial charge in [-0.2, -0.15) is 0 Å². The molecule has 0 radical (unpaired) electrons. The summed E-state index contributed by atoms with van der Waals surface area (Å²) in [6, 6.07) is 12.7. The quantitative estimate of drug-likeness (QED) is 0.944. The molecule has 0 spiro atoms. The minimum atomic E-state index is 0. The summed E-state index contributed by atoms with van der Waals surface area (Å²) >= 11 is 0. The molecule has 2 heterocycles. The van der Waals surface area contributed by atoms with Crippen LogP contribution >= 0.6 is 12.4 Å². The van der Waals surface area contributed by atoms with Crippen LogP contribution in [0.25, 0.3) is 11.3 Å². The molecule has 0 amide bonds. The second kappa shape index (κ2) is 6.88. The van der Waals surface area contributed by atoms with E-state index < -0.39 is 0 Å². The molecule has 4 nitrogen and oxygen atoms in total. The molecule has 5 heteroatoms. The summed E-state index contributed by atoms with van der Waals surface area (Å²) in [5.74, 6) is 0.938. The van der Waals surface area contributed by atoms with E-state index in [1.807, 2.05) is 24.3 Å². The minimum absolute atomic E-state index is 0. The second-order valence-electron chi connectivity index (χ2n) is 5.07. The number of hydrogen-bond donors (Lipinski definition) is 1. The minimum Gasteiger partial charge on any atom is -0.359 e. The van der Waals surface area contributed by atoms with Crippen molar-refractivity contribution in [1.82, 2.24) is 15.4 Å². The number of nitrogens with one attached hydrogen (secondary N) is 1. The Morgan fingerprint density at radius 2 is 2.15 bits per heavy atom. The zero-order valence-electron chi connectivity index (χ0n) is 11.6. The van der Waals surface area contributed by atoms with E-state index in [0.717, 1.165) is 43.2 Å². The summed E-state index contributed by atoms with van der Waals surface area (Å²) in [4.78, 5) is 2.42. The van der Waals surface area contributed by atoms with Crippen LogP contribution in [0.2, 0.25) is 0 Å². The predicted molar refractivity (Wildman–Crippen MR) is 81.9 cm³/mol. The fourth-order valence-electron chi connectivity index (χ4n) is 2.45. The van der Waals surface area contributed by atoms with E-state index in [0.29, 0.717) is 6.04 Å². The summed E-state index contributed by atoms with van der Waals surface area (Å²) in [6.45, 7) is 6.22. The molecule has 1 aliphatic rings. The summed E-state index contributed by atoms with van der Waals surface area (Å²) in [5.41, 5.74) is 2.02. The van der Waals surface area contributed by atoms with Crippen molar-refractivity contribution in [2.24, 2.45) is 0 Å². The third-order valence-corrected chi connectivity index (χ3v) is 3.63. The van der Waals surface area contributed by atoms with Crippen LogP contribution in [0.4, 0.5) is 0 Å². The Hall–Kier alpha value is -1.36. The lowest BCUT2D eigenvalue weighted by Crippen LogP contribution is -2.49. The van der Waals surface area contributed by atoms with Crippen molar-refractivity contribution in [3.63, 3.8) is 0 Å². The Balaban J connectivity index is 0.00000147. The smallest absolute Gasteiger partial charge is 0.151 e. The highest BCUT2D eigenvalue weighted by atomic mass is 35.5. The predicted octanol–water partition coefficient (Wildman–Crippen LogP) is 2.56. The van der Waals surface area contributed by atoms with Crippen molar-refractivity contribution >= 4 is 12.4 Å². The lowest BCUT2D eigenvalue weighted by Gasteiger charge is -2.32. The first-order valence-corrected chi connectivity index (χ1v) is 6.79. The molecular formula is C15H20ClN3O. The molecule has 0 aliphatic carbocycles. The van der Waals surface area contributed by atoms with Crippen LogP contribution in [0, 0.1) is 0 Å². The number of halogens is 1. The Kier molecular flexibility index (Phi) is 5.17. The van der Waals surface area contributed by atoms with Gasteiger partial charge in [0.1, 0.15) is 5.69 Å². The third-order valence-electron chi connectivity index (χ3n) is 3.63. The lowest BCUT2D eigenvalue weighted by atomic mass is 10.1. The van der Waals surface area contributed by atoms with Crippen LogP contribution in [-0.4, -0.2) is 35.7 Å². The molecule has 1 aliphatic heterocycles. The van der Waals surface area contributed by atoms with Crippen LogP contribution < -0.4 is 5.32 Å². The van der Waals surface area contributed by atoms with Gasteiger partial charge < -0.3 is 9.84 Å². The van der Waals surface area contributed by atoms with E-state index in [4.69, 9.17) is 4.52 Å². The molecule has 1 atom stereocenters. The second-order valence-corrected chi connectivity index (χ2v) is 5.07. The summed E-state index contributed by atoms with van der Waals surface area (Å²) in [6.07, 6.45) is 0. The van der Waals surface area contributed by atoms with Gasteiger partial charge in [0, 0.05) is 37.3 Å². The van der Waals surface area contributed by atoms with Crippen LogP contribution in [0.15, 0.2) is 40.9 Å². The summed E-state index contributed by atoms with van der Waals surface area (Å²) in [5, 5.41) is 7.55. The van der Waals surface area contributed by atoms with E-state index in [2.05, 4.69) is 34.4 Å². The molecule has 2 aromatic rings. The lowest BCUT2D eigenvalue weighted by molar-refractivity contribution is 0.149. The average molecular weight is 294 g/mol. The summed E-state index contributed by atoms with van der Waals surface area (Å²) < 4.78 is 5.46. The number of piperazine rings is 1. The maximum atomic E-state index is 5.46. The molecule has 0 bridgehead atoms. The van der Waals surface area contributed by atoms with Gasteiger partial charge in [-0.05, 0) is 6.92 Å². The molecule has 0 unspecified atom stereocenters. The van der Waals surface area contributed by atoms with Crippen molar-refractivity contribution in [2.45, 2.75) is 19.5 Å². The van der Waals surface area contributed by atoms with Crippen molar-refractivity contribution in [3.05, 3.63) is 42.2 Å². The first kappa shape index (κ1) is 15.0. The van der Waals surface area contributed by atoms with Gasteiger partial charge in [-0.3, -0.25) is 4.90 Å². The number of rotatable bonds is 3. The number of benzene rings is 1. The van der Waals surface area contributed by atoms with Crippen LogP contribution in [0.5, 0.6) is 0 Å². The van der Waals surface area contributed by atoms with Crippen LogP contribution in [0.3, 0.4) is 0 Å². The third kappa shape index (κ3) is 3.39. The molecule has 1 N–H and O–H groups in total. The van der Waals surface area contributed by atoms with Gasteiger partial charge in [0.15, 0.2) is 5.76 Å². The van der Waals surface area contributed by atoms with E-state index in [1.165, 1.54) is 0 Å². The first-order chi connectivity index (χ1) is 9.33. The highest BCUT2D eigenvalue weighted by Crippen LogP contribution is 2.20. The zero-order chi connectivity index (χ0) is 13.1. The van der Waals surface area contributed by atoms with Crippen LogP contribution in [-0.2, 0) is 6.54 Å². The fourth-order valence-corrected chi connectivity index (χ4v) is 2.45. The molecular weight excluding hydrogens is 274 g/mol. The first-order valence-electron chi connectivity index (χ1n) is 6.79. The van der Waals surface area contributed by atoms with Crippen molar-refractivity contribution in [1.29, 1.82) is 0 Å². The van der Waals surface area contributed by atoms with Crippen LogP contribution in [0.1, 0.15) is 12.7 Å². The van der Waals surface area contributed by atoms with Gasteiger partial charge >= 0.3 is 0 Å². The van der Waals surface area contributed by atoms with Crippen molar-refractivity contribution in [3.8, 4) is 11.3 Å². The molecule has 1 fully saturated rings. The Bertz CT molecular complexity index is 529. The molecule has 1 aromatic heterocycles. The largest absolute Gasteiger partial charge is 0.359 e. The topological polar surface area (TPSA) is 41.3 Å². The standard InChI is InChI=1S/C15H19N3O.ClH/c1-12-10-16-7-8-18(12)11-14-9-15(17-19-14)13-5-3-2-4-6-13;/h2-6,9,12,16H,7-8,10-11H2,1H3;1H/t12-;/m1./s1. The molecule has 1 saturated heterocycles. The number of nitrogens with zero attached hydrogens (tertiary/aromatic N) is 2. The maximum absolute atomic E-state index is 5.46. The Labute approximate surface area is 125 Å². The normalized spacial score (nSPS) is 19.6. The molecule has 20 heavy (non-hydrogen) atoms. The molecule has 0 saturated carbocycles. The van der Waals surface area contributed by atoms with Gasteiger partial charge in [0.2, 0.25) is 0 Å². The highest BCUT2D eigenvalue weighted by Gasteiger charge is 2.19. The average Bonchev–Trinajstić information content (AvgIpc) is 2.91. The summed E-state index contributed by atoms with van der Waals surface area (Å²) in [7, 11) is 0. The van der Waals surface area contributed by atoms with Gasteiger partial charge in [-0.1, -0.05) is 35.5 Å². The maximum Gasteiger partial charge on any atom is 0.151 e. The fraction of sp³-hybridized carbons (Fsp3) is 0.400. The molecule has 108 valence electrons. The van der Waals surface area contributed by atoms with E-state index in [1.54, 1.807) is 0 Å². The van der Waals surface area contributed by atoms with Crippen molar-refractivity contribution < 1.29 is 4.52 Å². The highest BCUT2D eigenvalue weighted by molar-refractivity contribution is 5.85. The molecule has 1 aromatic carbocycles. The van der Waals surface area contributed by atoms with E-state index in [9.17, 15) is 0 Å². The van der Waals surface area contributed by atoms with Gasteiger partial charge in [0.25, 0.3) is 0 Å². The van der Waals surface area contributed by atoms with Crippen molar-refractivity contribution in [2.75, 3.05) is 19.6 Å². The van der Waals surface area contributed by atoms with Gasteiger partial charge in [-0.25, -0.2) is 0 Å². The van der Waals surface area contributed by atoms with E-state index >= 15 is 0 Å². The van der Waals surface area contributed by atoms with E-state index in [-0.39, 0.29) is 12.4 Å². The molecule has 3 rings (SSSR count). The SMILES string of the molecule is C[C@@H]1CNCCN1Cc1cc(-c2ccccc2)no1.Cl. The number of aromatic nitrogens is 1. The van der Waals surface area contributed by atoms with Gasteiger partial charge in [-0.15, -0.1) is 12.4 Å². The monoisotopic (exact) mass is 293 g/mol. The van der Waals surface area contributed by atoms with Gasteiger partial charge in [0.05, 0.1) is 6.54 Å². The zero-order valence-corrected chi connectivity index (χ0v) is 12.4. The Morgan fingerprint density at radius 1 is 1.35 bits per heavy atom. The Morgan fingerprint density at radius 3 is 2.90 bits per heavy atom. The number of hydrogen-bond acceptors (Lipinski definition) is 4.